The van der Waals surface area contributed by atoms with E-state index in [1.54, 1.807) is 0 Å². The fourth-order valence-electron chi connectivity index (χ4n) is 2.92. The molecule has 0 amide bonds. The number of rotatable bonds is 8. The van der Waals surface area contributed by atoms with Crippen LogP contribution in [0.4, 0.5) is 0 Å². The summed E-state index contributed by atoms with van der Waals surface area (Å²) in [6.07, 6.45) is 5.27. The summed E-state index contributed by atoms with van der Waals surface area (Å²) < 4.78 is 1.89. The highest BCUT2D eigenvalue weighted by Crippen LogP contribution is 2.31. The molecule has 0 aliphatic heterocycles. The van der Waals surface area contributed by atoms with Crippen LogP contribution in [-0.2, 0) is 18.9 Å². The maximum Gasteiger partial charge on any atom is 0.0633 e. The molecule has 0 bridgehead atoms. The van der Waals surface area contributed by atoms with Crippen molar-refractivity contribution < 1.29 is 0 Å². The van der Waals surface area contributed by atoms with Gasteiger partial charge in [0.25, 0.3) is 0 Å². The Morgan fingerprint density at radius 3 is 2.48 bits per heavy atom. The zero-order valence-electron chi connectivity index (χ0n) is 13.5. The summed E-state index contributed by atoms with van der Waals surface area (Å²) in [5.74, 6) is 0. The van der Waals surface area contributed by atoms with Crippen molar-refractivity contribution in [1.82, 2.24) is 15.1 Å². The monoisotopic (exact) mass is 285 g/mol. The van der Waals surface area contributed by atoms with Crippen LogP contribution in [0.1, 0.15) is 37.9 Å². The second kappa shape index (κ2) is 7.41. The first kappa shape index (κ1) is 15.8. The molecule has 0 aliphatic rings. The zero-order valence-corrected chi connectivity index (χ0v) is 13.5. The van der Waals surface area contributed by atoms with Crippen molar-refractivity contribution in [3.63, 3.8) is 0 Å². The quantitative estimate of drug-likeness (QED) is 0.754. The van der Waals surface area contributed by atoms with Crippen LogP contribution in [0.3, 0.4) is 0 Å². The van der Waals surface area contributed by atoms with Crippen molar-refractivity contribution >= 4 is 0 Å². The van der Waals surface area contributed by atoms with E-state index in [-0.39, 0.29) is 5.41 Å². The van der Waals surface area contributed by atoms with Gasteiger partial charge in [-0.1, -0.05) is 44.2 Å². The van der Waals surface area contributed by atoms with Gasteiger partial charge in [0.15, 0.2) is 0 Å². The minimum atomic E-state index is 0.116. The molecule has 0 radical (unpaired) electrons. The summed E-state index contributed by atoms with van der Waals surface area (Å²) in [4.78, 5) is 0. The van der Waals surface area contributed by atoms with E-state index in [2.05, 4.69) is 60.7 Å². The normalized spacial score (nSPS) is 14.0. The van der Waals surface area contributed by atoms with Crippen LogP contribution in [-0.4, -0.2) is 22.9 Å². The first-order chi connectivity index (χ1) is 10.2. The summed E-state index contributed by atoms with van der Waals surface area (Å²) in [7, 11) is 1.98. The highest BCUT2D eigenvalue weighted by atomic mass is 15.2. The lowest BCUT2D eigenvalue weighted by Crippen LogP contribution is -2.40. The molecule has 3 heteroatoms. The molecule has 2 rings (SSSR count). The van der Waals surface area contributed by atoms with Crippen LogP contribution >= 0.6 is 0 Å². The number of aryl methyl sites for hydroxylation is 1. The lowest BCUT2D eigenvalue weighted by molar-refractivity contribution is 0.374. The Kier molecular flexibility index (Phi) is 5.57. The third-order valence-electron chi connectivity index (χ3n) is 4.24. The van der Waals surface area contributed by atoms with Crippen molar-refractivity contribution in [3.8, 4) is 0 Å². The van der Waals surface area contributed by atoms with Crippen molar-refractivity contribution in [3.05, 3.63) is 53.9 Å². The highest BCUT2D eigenvalue weighted by molar-refractivity contribution is 5.28. The van der Waals surface area contributed by atoms with Gasteiger partial charge in [0.05, 0.1) is 5.69 Å². The molecule has 1 N–H and O–H groups in total. The molecule has 0 spiro atoms. The van der Waals surface area contributed by atoms with Crippen LogP contribution in [0, 0.1) is 0 Å². The van der Waals surface area contributed by atoms with E-state index in [4.69, 9.17) is 0 Å². The fraction of sp³-hybridized carbons (Fsp3) is 0.500. The highest BCUT2D eigenvalue weighted by Gasteiger charge is 2.31. The molecule has 0 aliphatic carbocycles. The average Bonchev–Trinajstić information content (AvgIpc) is 2.92. The molecule has 1 heterocycles. The second-order valence-corrected chi connectivity index (χ2v) is 5.83. The molecule has 2 aromatic rings. The van der Waals surface area contributed by atoms with Crippen molar-refractivity contribution in [2.24, 2.45) is 7.05 Å². The Labute approximate surface area is 128 Å². The fourth-order valence-corrected chi connectivity index (χ4v) is 2.92. The van der Waals surface area contributed by atoms with Gasteiger partial charge in [-0.05, 0) is 31.0 Å². The molecular formula is C18H27N3. The lowest BCUT2D eigenvalue weighted by Gasteiger charge is -2.33. The predicted octanol–water partition coefficient (Wildman–Crippen LogP) is 3.31. The third kappa shape index (κ3) is 3.94. The van der Waals surface area contributed by atoms with Gasteiger partial charge in [-0.25, -0.2) is 0 Å². The minimum absolute atomic E-state index is 0.116. The maximum atomic E-state index is 4.59. The van der Waals surface area contributed by atoms with Gasteiger partial charge in [-0.15, -0.1) is 0 Å². The van der Waals surface area contributed by atoms with E-state index in [1.807, 2.05) is 17.9 Å². The topological polar surface area (TPSA) is 29.9 Å². The van der Waals surface area contributed by atoms with Crippen LogP contribution in [0.15, 0.2) is 42.6 Å². The molecule has 114 valence electrons. The summed E-state index contributed by atoms with van der Waals surface area (Å²) in [5.41, 5.74) is 2.69. The zero-order chi connectivity index (χ0) is 15.1. The lowest BCUT2D eigenvalue weighted by atomic mass is 9.74. The molecule has 0 saturated carbocycles. The van der Waals surface area contributed by atoms with E-state index in [9.17, 15) is 0 Å². The summed E-state index contributed by atoms with van der Waals surface area (Å²) in [6, 6.07) is 13.0. The van der Waals surface area contributed by atoms with Gasteiger partial charge in [0.2, 0.25) is 0 Å². The van der Waals surface area contributed by atoms with Crippen LogP contribution < -0.4 is 5.32 Å². The van der Waals surface area contributed by atoms with Crippen LogP contribution in [0.25, 0.3) is 0 Å². The van der Waals surface area contributed by atoms with Crippen molar-refractivity contribution in [1.29, 1.82) is 0 Å². The van der Waals surface area contributed by atoms with Gasteiger partial charge < -0.3 is 5.32 Å². The van der Waals surface area contributed by atoms with E-state index in [0.29, 0.717) is 0 Å². The summed E-state index contributed by atoms with van der Waals surface area (Å²) >= 11 is 0. The number of nitrogens with zero attached hydrogens (tertiary/aromatic N) is 2. The Hall–Kier alpha value is -1.61. The van der Waals surface area contributed by atoms with Gasteiger partial charge in [-0.3, -0.25) is 4.68 Å². The van der Waals surface area contributed by atoms with Crippen molar-refractivity contribution in [2.75, 3.05) is 13.1 Å². The molecule has 1 aromatic carbocycles. The molecule has 1 atom stereocenters. The number of benzene rings is 1. The Bertz CT molecular complexity index is 532. The standard InChI is InChI=1S/C18H27N3/c1-4-12-19-15-18(5-2,16-9-7-6-8-10-16)14-17-11-13-21(3)20-17/h6-11,13,19H,4-5,12,14-15H2,1-3H3. The average molecular weight is 285 g/mol. The minimum Gasteiger partial charge on any atom is -0.316 e. The Morgan fingerprint density at radius 2 is 1.90 bits per heavy atom. The van der Waals surface area contributed by atoms with Gasteiger partial charge >= 0.3 is 0 Å². The predicted molar refractivity (Wildman–Crippen MR) is 88.5 cm³/mol. The Morgan fingerprint density at radius 1 is 1.14 bits per heavy atom. The van der Waals surface area contributed by atoms with Crippen LogP contribution in [0.2, 0.25) is 0 Å². The molecule has 0 fully saturated rings. The summed E-state index contributed by atoms with van der Waals surface area (Å²) in [6.45, 7) is 6.56. The largest absolute Gasteiger partial charge is 0.316 e. The number of hydrogen-bond donors (Lipinski definition) is 1. The molecule has 0 saturated heterocycles. The first-order valence-electron chi connectivity index (χ1n) is 7.95. The second-order valence-electron chi connectivity index (χ2n) is 5.83. The SMILES string of the molecule is CCCNCC(CC)(Cc1ccn(C)n1)c1ccccc1. The van der Waals surface area contributed by atoms with E-state index >= 15 is 0 Å². The third-order valence-corrected chi connectivity index (χ3v) is 4.24. The summed E-state index contributed by atoms with van der Waals surface area (Å²) in [5, 5.41) is 8.20. The molecule has 1 aromatic heterocycles. The first-order valence-corrected chi connectivity index (χ1v) is 7.95. The van der Waals surface area contributed by atoms with Crippen molar-refractivity contribution in [2.45, 2.75) is 38.5 Å². The van der Waals surface area contributed by atoms with Gasteiger partial charge in [-0.2, -0.15) is 5.10 Å². The molecule has 21 heavy (non-hydrogen) atoms. The maximum absolute atomic E-state index is 4.59. The smallest absolute Gasteiger partial charge is 0.0633 e. The number of aromatic nitrogens is 2. The van der Waals surface area contributed by atoms with Gasteiger partial charge in [0.1, 0.15) is 0 Å². The number of nitrogens with one attached hydrogen (secondary N) is 1. The Balaban J connectivity index is 2.27. The molecule has 1 unspecified atom stereocenters. The van der Waals surface area contributed by atoms with Gasteiger partial charge in [0, 0.05) is 31.6 Å². The molecule has 3 nitrogen and oxygen atoms in total. The van der Waals surface area contributed by atoms with Crippen LogP contribution in [0.5, 0.6) is 0 Å². The van der Waals surface area contributed by atoms with E-state index < -0.39 is 0 Å². The van der Waals surface area contributed by atoms with E-state index in [1.165, 1.54) is 11.3 Å². The molecular weight excluding hydrogens is 258 g/mol. The number of hydrogen-bond acceptors (Lipinski definition) is 2. The van der Waals surface area contributed by atoms with E-state index in [0.717, 1.165) is 32.4 Å².